The fraction of sp³-hybridized carbons (Fsp3) is 0.486. The molecule has 2 N–H and O–H groups in total. The van der Waals surface area contributed by atoms with Crippen LogP contribution in [0.15, 0.2) is 48.5 Å². The van der Waals surface area contributed by atoms with Crippen molar-refractivity contribution in [2.24, 2.45) is 0 Å². The summed E-state index contributed by atoms with van der Waals surface area (Å²) in [6.07, 6.45) is 5.33. The van der Waals surface area contributed by atoms with E-state index < -0.39 is 11.9 Å². The smallest absolute Gasteiger partial charge is 0.407 e. The van der Waals surface area contributed by atoms with Gasteiger partial charge in [0.2, 0.25) is 0 Å². The average molecular weight is 647 g/mol. The highest BCUT2D eigenvalue weighted by Crippen LogP contribution is 2.29. The maximum atomic E-state index is 14.7. The summed E-state index contributed by atoms with van der Waals surface area (Å²) in [5.74, 6) is -0.939. The van der Waals surface area contributed by atoms with E-state index in [9.17, 15) is 19.2 Å². The number of unbranched alkanes of at least 4 members (excludes halogenated alkanes) is 1. The third-order valence-corrected chi connectivity index (χ3v) is 8.63. The van der Waals surface area contributed by atoms with Gasteiger partial charge in [0.1, 0.15) is 11.9 Å². The van der Waals surface area contributed by atoms with Crippen LogP contribution in [-0.4, -0.2) is 89.9 Å². The molecule has 0 unspecified atom stereocenters. The van der Waals surface area contributed by atoms with Crippen molar-refractivity contribution in [1.82, 2.24) is 20.0 Å². The number of carbonyl (C=O) groups is 2. The molecule has 5 rings (SSSR count). The number of hydrogen-bond acceptors (Lipinski definition) is 8. The van der Waals surface area contributed by atoms with Crippen LogP contribution in [0.3, 0.4) is 0 Å². The van der Waals surface area contributed by atoms with E-state index in [4.69, 9.17) is 19.7 Å². The first kappa shape index (κ1) is 33.9. The lowest BCUT2D eigenvalue weighted by atomic mass is 10.1. The molecule has 1 aromatic heterocycles. The number of carbonyl (C=O) groups excluding carboxylic acids is 2. The van der Waals surface area contributed by atoms with Gasteiger partial charge in [0.15, 0.2) is 5.69 Å². The van der Waals surface area contributed by atoms with Gasteiger partial charge in [-0.25, -0.2) is 13.9 Å². The van der Waals surface area contributed by atoms with E-state index in [-0.39, 0.29) is 35.9 Å². The number of aliphatic hydroxyl groups is 1. The van der Waals surface area contributed by atoms with Crippen LogP contribution in [0.1, 0.15) is 67.9 Å². The molecule has 1 atom stereocenters. The molecule has 2 amide bonds. The normalized spacial score (nSPS) is 16.9. The Labute approximate surface area is 274 Å². The quantitative estimate of drug-likeness (QED) is 0.262. The number of nitrogens with one attached hydrogen (secondary N) is 1. The number of ether oxygens (including phenoxy) is 2. The van der Waals surface area contributed by atoms with Crippen LogP contribution in [0.25, 0.3) is 16.9 Å². The van der Waals surface area contributed by atoms with E-state index >= 15 is 0 Å². The lowest BCUT2D eigenvalue weighted by Crippen LogP contribution is -2.49. The molecular formula is C35H43FN6O5. The summed E-state index contributed by atoms with van der Waals surface area (Å²) in [6, 6.07) is 15.5. The number of hydrogen-bond donors (Lipinski definition) is 2. The topological polar surface area (TPSA) is 133 Å². The molecule has 0 radical (unpaired) electrons. The lowest BCUT2D eigenvalue weighted by Gasteiger charge is -2.33. The number of anilines is 1. The SMILES string of the molecule is CCCCOC(=O)N[C@@H]1CCCN(C(=O)c2cc(-c3ccc(C#N)c(F)c3)n(-c3ccc(N4CCC(OCCCO)CC4)cc3)n2)C1. The Morgan fingerprint density at radius 3 is 2.51 bits per heavy atom. The van der Waals surface area contributed by atoms with Crippen LogP contribution in [0.4, 0.5) is 14.9 Å². The Morgan fingerprint density at radius 1 is 1.04 bits per heavy atom. The summed E-state index contributed by atoms with van der Waals surface area (Å²) in [4.78, 5) is 30.0. The molecule has 11 nitrogen and oxygen atoms in total. The Hall–Kier alpha value is -4.47. The van der Waals surface area contributed by atoms with E-state index in [0.717, 1.165) is 50.9 Å². The lowest BCUT2D eigenvalue weighted by molar-refractivity contribution is 0.0294. The van der Waals surface area contributed by atoms with E-state index in [1.54, 1.807) is 21.7 Å². The third-order valence-electron chi connectivity index (χ3n) is 8.63. The average Bonchev–Trinajstić information content (AvgIpc) is 3.54. The number of amides is 2. The summed E-state index contributed by atoms with van der Waals surface area (Å²) < 4.78 is 27.5. The minimum absolute atomic E-state index is 0.0666. The maximum Gasteiger partial charge on any atom is 0.407 e. The molecule has 3 heterocycles. The van der Waals surface area contributed by atoms with Crippen molar-refractivity contribution in [1.29, 1.82) is 5.26 Å². The number of rotatable bonds is 12. The van der Waals surface area contributed by atoms with Gasteiger partial charge in [0.05, 0.1) is 29.7 Å². The predicted molar refractivity (Wildman–Crippen MR) is 175 cm³/mol. The van der Waals surface area contributed by atoms with E-state index in [1.807, 2.05) is 37.3 Å². The first-order valence-electron chi connectivity index (χ1n) is 16.5. The van der Waals surface area contributed by atoms with Gasteiger partial charge in [-0.2, -0.15) is 10.4 Å². The number of alkyl carbamates (subject to hydrolysis) is 1. The Balaban J connectivity index is 1.34. The third kappa shape index (κ3) is 8.67. The van der Waals surface area contributed by atoms with Crippen molar-refractivity contribution < 1.29 is 28.6 Å². The molecule has 2 aromatic carbocycles. The van der Waals surface area contributed by atoms with Gasteiger partial charge in [-0.3, -0.25) is 4.79 Å². The predicted octanol–water partition coefficient (Wildman–Crippen LogP) is 5.05. The molecule has 47 heavy (non-hydrogen) atoms. The van der Waals surface area contributed by atoms with Gasteiger partial charge >= 0.3 is 6.09 Å². The zero-order valence-corrected chi connectivity index (χ0v) is 26.9. The highest BCUT2D eigenvalue weighted by molar-refractivity contribution is 5.94. The van der Waals surface area contributed by atoms with Crippen molar-refractivity contribution in [3.63, 3.8) is 0 Å². The largest absolute Gasteiger partial charge is 0.450 e. The van der Waals surface area contributed by atoms with Crippen molar-refractivity contribution in [2.75, 3.05) is 50.9 Å². The second kappa shape index (κ2) is 16.4. The number of benzene rings is 2. The standard InChI is InChI=1S/C35H43FN6O5/c1-2-3-19-47-35(45)38-27-6-4-15-41(24-27)34(44)32-22-33(25-7-8-26(23-37)31(36)21-25)42(39-32)29-11-9-28(10-12-29)40-16-13-30(14-17-40)46-20-5-18-43/h7-12,21-22,27,30,43H,2-6,13-20,24H2,1H3,(H,38,45)/t27-/m1/s1. The van der Waals surface area contributed by atoms with Crippen molar-refractivity contribution in [3.05, 3.63) is 65.6 Å². The van der Waals surface area contributed by atoms with Crippen molar-refractivity contribution in [2.45, 2.75) is 64.0 Å². The number of piperidine rings is 2. The summed E-state index contributed by atoms with van der Waals surface area (Å²) >= 11 is 0. The van der Waals surface area contributed by atoms with E-state index in [2.05, 4.69) is 10.2 Å². The van der Waals surface area contributed by atoms with E-state index in [1.165, 1.54) is 12.1 Å². The number of nitriles is 1. The van der Waals surface area contributed by atoms with Gasteiger partial charge in [0, 0.05) is 56.7 Å². The minimum atomic E-state index is -0.652. The first-order valence-corrected chi connectivity index (χ1v) is 16.5. The molecule has 0 aliphatic carbocycles. The zero-order valence-electron chi connectivity index (χ0n) is 26.9. The molecule has 2 saturated heterocycles. The Kier molecular flexibility index (Phi) is 11.8. The first-order chi connectivity index (χ1) is 22.9. The van der Waals surface area contributed by atoms with Gasteiger partial charge in [-0.15, -0.1) is 0 Å². The van der Waals surface area contributed by atoms with Gasteiger partial charge in [-0.05, 0) is 81.0 Å². The summed E-state index contributed by atoms with van der Waals surface area (Å²) in [6.45, 7) is 5.62. The van der Waals surface area contributed by atoms with Gasteiger partial charge in [-0.1, -0.05) is 19.4 Å². The molecule has 12 heteroatoms. The summed E-state index contributed by atoms with van der Waals surface area (Å²) in [5.41, 5.74) is 2.87. The molecule has 0 saturated carbocycles. The molecule has 2 aliphatic rings. The van der Waals surface area contributed by atoms with Crippen LogP contribution in [0, 0.1) is 17.1 Å². The van der Waals surface area contributed by atoms with Crippen LogP contribution in [-0.2, 0) is 9.47 Å². The summed E-state index contributed by atoms with van der Waals surface area (Å²) in [7, 11) is 0. The molecular weight excluding hydrogens is 603 g/mol. The number of nitrogens with zero attached hydrogens (tertiary/aromatic N) is 5. The fourth-order valence-electron chi connectivity index (χ4n) is 6.01. The zero-order chi connectivity index (χ0) is 33.2. The molecule has 0 bridgehead atoms. The monoisotopic (exact) mass is 646 g/mol. The van der Waals surface area contributed by atoms with Crippen molar-refractivity contribution >= 4 is 17.7 Å². The number of likely N-dealkylation sites (tertiary alicyclic amines) is 1. The number of aromatic nitrogens is 2. The maximum absolute atomic E-state index is 14.7. The second-order valence-electron chi connectivity index (χ2n) is 12.0. The Bertz CT molecular complexity index is 1550. The van der Waals surface area contributed by atoms with Crippen LogP contribution in [0.5, 0.6) is 0 Å². The Morgan fingerprint density at radius 2 is 1.81 bits per heavy atom. The fourth-order valence-corrected chi connectivity index (χ4v) is 6.01. The minimum Gasteiger partial charge on any atom is -0.450 e. The van der Waals surface area contributed by atoms with Gasteiger partial charge < -0.3 is 29.7 Å². The highest BCUT2D eigenvalue weighted by Gasteiger charge is 2.29. The molecule has 250 valence electrons. The van der Waals surface area contributed by atoms with Crippen LogP contribution < -0.4 is 10.2 Å². The molecule has 3 aromatic rings. The van der Waals surface area contributed by atoms with E-state index in [0.29, 0.717) is 56.1 Å². The number of aliphatic hydroxyl groups excluding tert-OH is 1. The number of halogens is 1. The van der Waals surface area contributed by atoms with Crippen LogP contribution in [0.2, 0.25) is 0 Å². The summed E-state index contributed by atoms with van der Waals surface area (Å²) in [5, 5.41) is 25.8. The second-order valence-corrected chi connectivity index (χ2v) is 12.0. The van der Waals surface area contributed by atoms with Crippen molar-refractivity contribution in [3.8, 4) is 23.0 Å². The van der Waals surface area contributed by atoms with Crippen LogP contribution >= 0.6 is 0 Å². The molecule has 0 spiro atoms. The highest BCUT2D eigenvalue weighted by atomic mass is 19.1. The molecule has 2 fully saturated rings. The molecule has 2 aliphatic heterocycles. The van der Waals surface area contributed by atoms with Gasteiger partial charge in [0.25, 0.3) is 5.91 Å².